The largest absolute Gasteiger partial charge is 0.336 e. The van der Waals surface area contributed by atoms with Crippen LogP contribution in [0.15, 0.2) is 18.3 Å². The maximum atomic E-state index is 12.9. The van der Waals surface area contributed by atoms with E-state index in [1.165, 1.54) is 0 Å². The van der Waals surface area contributed by atoms with Crippen molar-refractivity contribution in [3.8, 4) is 0 Å². The van der Waals surface area contributed by atoms with Gasteiger partial charge in [-0.15, -0.1) is 0 Å². The highest BCUT2D eigenvalue weighted by atomic mass is 16.2. The summed E-state index contributed by atoms with van der Waals surface area (Å²) in [6.07, 6.45) is 2.24. The molecule has 0 N–H and O–H groups in total. The molecule has 2 aliphatic heterocycles. The Morgan fingerprint density at radius 3 is 2.69 bits per heavy atom. The number of hydrogen-bond donors (Lipinski definition) is 0. The normalized spacial score (nSPS) is 21.1. The summed E-state index contributed by atoms with van der Waals surface area (Å²) in [5.74, 6) is 0.0719. The lowest BCUT2D eigenvalue weighted by atomic mass is 10.1. The van der Waals surface area contributed by atoms with E-state index in [9.17, 15) is 14.4 Å². The zero-order valence-corrected chi connectivity index (χ0v) is 15.6. The van der Waals surface area contributed by atoms with Gasteiger partial charge in [-0.25, -0.2) is 0 Å². The van der Waals surface area contributed by atoms with Crippen LogP contribution in [-0.4, -0.2) is 76.2 Å². The summed E-state index contributed by atoms with van der Waals surface area (Å²) in [6, 6.07) is 2.98. The quantitative estimate of drug-likeness (QED) is 0.806. The molecule has 140 valence electrons. The van der Waals surface area contributed by atoms with Crippen molar-refractivity contribution in [2.75, 3.05) is 32.7 Å². The second-order valence-corrected chi connectivity index (χ2v) is 7.51. The van der Waals surface area contributed by atoms with Crippen LogP contribution >= 0.6 is 0 Å². The smallest absolute Gasteiger partial charge is 0.255 e. The minimum absolute atomic E-state index is 0.0263. The summed E-state index contributed by atoms with van der Waals surface area (Å²) < 4.78 is 0. The third kappa shape index (κ3) is 3.71. The van der Waals surface area contributed by atoms with Crippen molar-refractivity contribution in [3.63, 3.8) is 0 Å². The van der Waals surface area contributed by atoms with E-state index in [0.717, 1.165) is 5.69 Å². The van der Waals surface area contributed by atoms with E-state index in [1.54, 1.807) is 33.0 Å². The van der Waals surface area contributed by atoms with Gasteiger partial charge in [0.25, 0.3) is 5.91 Å². The van der Waals surface area contributed by atoms with Crippen LogP contribution in [0.4, 0.5) is 0 Å². The molecule has 0 aliphatic carbocycles. The van der Waals surface area contributed by atoms with E-state index in [-0.39, 0.29) is 30.8 Å². The van der Waals surface area contributed by atoms with Gasteiger partial charge in [-0.05, 0) is 31.4 Å². The van der Waals surface area contributed by atoms with Gasteiger partial charge in [-0.1, -0.05) is 13.8 Å². The molecule has 0 radical (unpaired) electrons. The molecule has 0 saturated carbocycles. The van der Waals surface area contributed by atoms with E-state index in [2.05, 4.69) is 4.98 Å². The Bertz CT molecular complexity index is 701. The fraction of sp³-hybridized carbons (Fsp3) is 0.579. The van der Waals surface area contributed by atoms with Gasteiger partial charge in [0.05, 0.1) is 18.7 Å². The summed E-state index contributed by atoms with van der Waals surface area (Å²) in [5, 5.41) is 0. The average Bonchev–Trinajstić information content (AvgIpc) is 2.82. The number of pyridine rings is 1. The molecule has 0 aromatic carbocycles. The number of carbonyl (C=O) groups excluding carboxylic acids is 3. The molecule has 3 rings (SSSR count). The maximum absolute atomic E-state index is 12.9. The van der Waals surface area contributed by atoms with Crippen LogP contribution in [0, 0.1) is 12.8 Å². The van der Waals surface area contributed by atoms with Gasteiger partial charge in [0.1, 0.15) is 6.04 Å². The second kappa shape index (κ2) is 7.43. The first-order chi connectivity index (χ1) is 12.4. The van der Waals surface area contributed by atoms with Gasteiger partial charge in [0.2, 0.25) is 11.8 Å². The number of nitrogens with zero attached hydrogens (tertiary/aromatic N) is 4. The van der Waals surface area contributed by atoms with Crippen LogP contribution < -0.4 is 0 Å². The number of fused-ring (bicyclic) bond motifs is 1. The number of amides is 3. The van der Waals surface area contributed by atoms with E-state index in [0.29, 0.717) is 37.5 Å². The van der Waals surface area contributed by atoms with Gasteiger partial charge >= 0.3 is 0 Å². The Balaban J connectivity index is 1.80. The highest BCUT2D eigenvalue weighted by molar-refractivity contribution is 5.97. The van der Waals surface area contributed by atoms with Crippen molar-refractivity contribution >= 4 is 17.7 Å². The van der Waals surface area contributed by atoms with Crippen LogP contribution in [0.3, 0.4) is 0 Å². The monoisotopic (exact) mass is 358 g/mol. The minimum Gasteiger partial charge on any atom is -0.336 e. The van der Waals surface area contributed by atoms with Crippen molar-refractivity contribution in [2.45, 2.75) is 33.2 Å². The summed E-state index contributed by atoms with van der Waals surface area (Å²) >= 11 is 0. The lowest BCUT2D eigenvalue weighted by molar-refractivity contribution is -0.156. The molecule has 26 heavy (non-hydrogen) atoms. The van der Waals surface area contributed by atoms with Crippen molar-refractivity contribution in [2.24, 2.45) is 5.92 Å². The molecule has 2 aliphatic rings. The number of piperazine rings is 1. The number of rotatable bonds is 3. The Morgan fingerprint density at radius 1 is 1.27 bits per heavy atom. The molecule has 1 aromatic heterocycles. The Kier molecular flexibility index (Phi) is 5.25. The molecule has 3 amide bonds. The van der Waals surface area contributed by atoms with Crippen LogP contribution in [-0.2, 0) is 9.59 Å². The molecule has 7 nitrogen and oxygen atoms in total. The van der Waals surface area contributed by atoms with Crippen molar-refractivity contribution < 1.29 is 14.4 Å². The average molecular weight is 358 g/mol. The van der Waals surface area contributed by atoms with Crippen molar-refractivity contribution in [3.05, 3.63) is 29.6 Å². The fourth-order valence-electron chi connectivity index (χ4n) is 3.60. The Hall–Kier alpha value is -2.44. The van der Waals surface area contributed by atoms with Crippen molar-refractivity contribution in [1.82, 2.24) is 19.7 Å². The number of hydrogen-bond acceptors (Lipinski definition) is 4. The lowest BCUT2D eigenvalue weighted by Crippen LogP contribution is -2.62. The first-order valence-electron chi connectivity index (χ1n) is 9.17. The Labute approximate surface area is 154 Å². The van der Waals surface area contributed by atoms with E-state index in [1.807, 2.05) is 20.8 Å². The Morgan fingerprint density at radius 2 is 2.04 bits per heavy atom. The van der Waals surface area contributed by atoms with Gasteiger partial charge in [0, 0.05) is 31.5 Å². The number of carbonyl (C=O) groups is 3. The molecule has 1 atom stereocenters. The minimum atomic E-state index is -0.583. The molecule has 1 unspecified atom stereocenters. The summed E-state index contributed by atoms with van der Waals surface area (Å²) in [6.45, 7) is 7.91. The van der Waals surface area contributed by atoms with Crippen molar-refractivity contribution in [1.29, 1.82) is 0 Å². The van der Waals surface area contributed by atoms with E-state index >= 15 is 0 Å². The zero-order chi connectivity index (χ0) is 18.8. The molecule has 0 spiro atoms. The third-order valence-corrected chi connectivity index (χ3v) is 4.87. The molecule has 1 aromatic rings. The van der Waals surface area contributed by atoms with Crippen LogP contribution in [0.2, 0.25) is 0 Å². The summed E-state index contributed by atoms with van der Waals surface area (Å²) in [5.41, 5.74) is 1.36. The highest BCUT2D eigenvalue weighted by Crippen LogP contribution is 2.20. The second-order valence-electron chi connectivity index (χ2n) is 7.51. The van der Waals surface area contributed by atoms with Gasteiger partial charge in [-0.3, -0.25) is 19.4 Å². The van der Waals surface area contributed by atoms with Crippen LogP contribution in [0.25, 0.3) is 0 Å². The highest BCUT2D eigenvalue weighted by Gasteiger charge is 2.42. The molecule has 3 heterocycles. The predicted molar refractivity (Wildman–Crippen MR) is 96.4 cm³/mol. The predicted octanol–water partition coefficient (Wildman–Crippen LogP) is 0.931. The SMILES string of the molecule is Cc1ccc(C(=O)N2CCCN3C(=O)CN(CC(C)C)C(=O)C3C2)cn1. The molecular formula is C19H26N4O3. The first-order valence-corrected chi connectivity index (χ1v) is 9.17. The third-order valence-electron chi connectivity index (χ3n) is 4.87. The fourth-order valence-corrected chi connectivity index (χ4v) is 3.60. The molecule has 2 saturated heterocycles. The standard InChI is InChI=1S/C19H26N4O3/c1-13(2)10-22-12-17(24)23-8-4-7-21(11-16(23)19(22)26)18(25)15-6-5-14(3)20-9-15/h5-6,9,13,16H,4,7-8,10-12H2,1-3H3. The van der Waals surface area contributed by atoms with Crippen LogP contribution in [0.5, 0.6) is 0 Å². The zero-order valence-electron chi connectivity index (χ0n) is 15.6. The van der Waals surface area contributed by atoms with Gasteiger partial charge < -0.3 is 14.7 Å². The maximum Gasteiger partial charge on any atom is 0.255 e. The van der Waals surface area contributed by atoms with E-state index in [4.69, 9.17) is 0 Å². The van der Waals surface area contributed by atoms with E-state index < -0.39 is 6.04 Å². The van der Waals surface area contributed by atoms with Gasteiger partial charge in [0.15, 0.2) is 0 Å². The molecule has 2 fully saturated rings. The molecule has 0 bridgehead atoms. The topological polar surface area (TPSA) is 73.8 Å². The number of aryl methyl sites for hydroxylation is 1. The molecule has 7 heteroatoms. The summed E-state index contributed by atoms with van der Waals surface area (Å²) in [4.78, 5) is 47.4. The van der Waals surface area contributed by atoms with Gasteiger partial charge in [-0.2, -0.15) is 0 Å². The lowest BCUT2D eigenvalue weighted by Gasteiger charge is -2.40. The number of aromatic nitrogens is 1. The summed E-state index contributed by atoms with van der Waals surface area (Å²) in [7, 11) is 0. The first kappa shape index (κ1) is 18.4. The van der Waals surface area contributed by atoms with Crippen LogP contribution in [0.1, 0.15) is 36.3 Å². The molecular weight excluding hydrogens is 332 g/mol.